The summed E-state index contributed by atoms with van der Waals surface area (Å²) >= 11 is 9.31. The maximum absolute atomic E-state index is 5.77. The minimum atomic E-state index is 0.00784. The SMILES string of the molecule is NNC(Cc1ccccc1Br)c1ccc(Cl)nc1. The highest BCUT2D eigenvalue weighted by Crippen LogP contribution is 2.23. The van der Waals surface area contributed by atoms with Crippen LogP contribution in [0.4, 0.5) is 0 Å². The Morgan fingerprint density at radius 2 is 2.06 bits per heavy atom. The van der Waals surface area contributed by atoms with Gasteiger partial charge in [0.05, 0.1) is 6.04 Å². The maximum Gasteiger partial charge on any atom is 0.129 e. The molecule has 1 heterocycles. The Hall–Kier alpha value is -0.940. The van der Waals surface area contributed by atoms with Crippen molar-refractivity contribution in [2.24, 2.45) is 5.84 Å². The number of hydrogen-bond acceptors (Lipinski definition) is 3. The van der Waals surface area contributed by atoms with E-state index in [1.807, 2.05) is 24.3 Å². The quantitative estimate of drug-likeness (QED) is 0.515. The second-order valence-corrected chi connectivity index (χ2v) is 5.17. The van der Waals surface area contributed by atoms with Crippen molar-refractivity contribution in [1.29, 1.82) is 0 Å². The third kappa shape index (κ3) is 3.29. The molecule has 1 aromatic carbocycles. The zero-order chi connectivity index (χ0) is 13.0. The lowest BCUT2D eigenvalue weighted by molar-refractivity contribution is 0.549. The van der Waals surface area contributed by atoms with Crippen LogP contribution in [0.3, 0.4) is 0 Å². The monoisotopic (exact) mass is 325 g/mol. The molecule has 2 aromatic rings. The molecule has 94 valence electrons. The van der Waals surface area contributed by atoms with Crippen molar-refractivity contribution in [2.45, 2.75) is 12.5 Å². The van der Waals surface area contributed by atoms with E-state index in [0.717, 1.165) is 16.5 Å². The van der Waals surface area contributed by atoms with Crippen LogP contribution in [0.5, 0.6) is 0 Å². The van der Waals surface area contributed by atoms with E-state index in [9.17, 15) is 0 Å². The van der Waals surface area contributed by atoms with Gasteiger partial charge in [-0.2, -0.15) is 0 Å². The van der Waals surface area contributed by atoms with E-state index in [0.29, 0.717) is 5.15 Å². The van der Waals surface area contributed by atoms with Crippen molar-refractivity contribution in [3.8, 4) is 0 Å². The number of rotatable bonds is 4. The van der Waals surface area contributed by atoms with Crippen molar-refractivity contribution in [1.82, 2.24) is 10.4 Å². The third-order valence-electron chi connectivity index (χ3n) is 2.74. The minimum Gasteiger partial charge on any atom is -0.271 e. The Morgan fingerprint density at radius 1 is 1.28 bits per heavy atom. The molecule has 1 atom stereocenters. The molecule has 5 heteroatoms. The number of benzene rings is 1. The molecule has 0 fully saturated rings. The Bertz CT molecular complexity index is 516. The normalized spacial score (nSPS) is 12.4. The van der Waals surface area contributed by atoms with Gasteiger partial charge in [-0.3, -0.25) is 11.3 Å². The Morgan fingerprint density at radius 3 is 2.67 bits per heavy atom. The molecule has 0 aliphatic rings. The van der Waals surface area contributed by atoms with Gasteiger partial charge in [0.15, 0.2) is 0 Å². The van der Waals surface area contributed by atoms with Crippen LogP contribution in [0.1, 0.15) is 17.2 Å². The molecule has 3 nitrogen and oxygen atoms in total. The first-order valence-electron chi connectivity index (χ1n) is 5.51. The molecule has 1 aromatic heterocycles. The lowest BCUT2D eigenvalue weighted by Crippen LogP contribution is -2.29. The Kier molecular flexibility index (Phi) is 4.72. The third-order valence-corrected chi connectivity index (χ3v) is 3.73. The van der Waals surface area contributed by atoms with Crippen molar-refractivity contribution < 1.29 is 0 Å². The highest BCUT2D eigenvalue weighted by Gasteiger charge is 2.12. The van der Waals surface area contributed by atoms with Crippen LogP contribution in [-0.2, 0) is 6.42 Å². The molecule has 3 N–H and O–H groups in total. The van der Waals surface area contributed by atoms with E-state index in [-0.39, 0.29) is 6.04 Å². The van der Waals surface area contributed by atoms with Gasteiger partial charge in [-0.25, -0.2) is 4.98 Å². The summed E-state index contributed by atoms with van der Waals surface area (Å²) in [6.45, 7) is 0. The molecular weight excluding hydrogens is 314 g/mol. The van der Waals surface area contributed by atoms with Gasteiger partial charge in [-0.15, -0.1) is 0 Å². The average molecular weight is 327 g/mol. The van der Waals surface area contributed by atoms with E-state index in [4.69, 9.17) is 17.4 Å². The largest absolute Gasteiger partial charge is 0.271 e. The molecule has 0 aliphatic heterocycles. The van der Waals surface area contributed by atoms with E-state index in [1.54, 1.807) is 12.3 Å². The van der Waals surface area contributed by atoms with E-state index in [2.05, 4.69) is 32.4 Å². The van der Waals surface area contributed by atoms with Crippen LogP contribution >= 0.6 is 27.5 Å². The fraction of sp³-hybridized carbons (Fsp3) is 0.154. The fourth-order valence-corrected chi connectivity index (χ4v) is 2.31. The summed E-state index contributed by atoms with van der Waals surface area (Å²) < 4.78 is 1.08. The van der Waals surface area contributed by atoms with Crippen LogP contribution in [0, 0.1) is 0 Å². The number of halogens is 2. The molecule has 0 aliphatic carbocycles. The van der Waals surface area contributed by atoms with E-state index < -0.39 is 0 Å². The second-order valence-electron chi connectivity index (χ2n) is 3.93. The van der Waals surface area contributed by atoms with Gasteiger partial charge in [0, 0.05) is 10.7 Å². The van der Waals surface area contributed by atoms with Crippen LogP contribution in [-0.4, -0.2) is 4.98 Å². The average Bonchev–Trinajstić information content (AvgIpc) is 2.39. The Balaban J connectivity index is 2.20. The van der Waals surface area contributed by atoms with Crippen LogP contribution in [0.2, 0.25) is 5.15 Å². The molecule has 0 saturated carbocycles. The van der Waals surface area contributed by atoms with E-state index >= 15 is 0 Å². The van der Waals surface area contributed by atoms with Crippen molar-refractivity contribution in [3.63, 3.8) is 0 Å². The van der Waals surface area contributed by atoms with Crippen LogP contribution < -0.4 is 11.3 Å². The summed E-state index contributed by atoms with van der Waals surface area (Å²) in [6, 6.07) is 11.8. The predicted octanol–water partition coefficient (Wildman–Crippen LogP) is 3.24. The number of nitrogens with two attached hydrogens (primary N) is 1. The summed E-state index contributed by atoms with van der Waals surface area (Å²) in [7, 11) is 0. The van der Waals surface area contributed by atoms with Crippen molar-refractivity contribution in [3.05, 3.63) is 63.3 Å². The standard InChI is InChI=1S/C13H13BrClN3/c14-11-4-2-1-3-9(11)7-12(18-16)10-5-6-13(15)17-8-10/h1-6,8,12,18H,7,16H2. The zero-order valence-electron chi connectivity index (χ0n) is 9.61. The molecule has 18 heavy (non-hydrogen) atoms. The summed E-state index contributed by atoms with van der Waals surface area (Å²) in [5, 5.41) is 0.482. The van der Waals surface area contributed by atoms with E-state index in [1.165, 1.54) is 5.56 Å². The molecule has 0 amide bonds. The Labute approximate surface area is 119 Å². The minimum absolute atomic E-state index is 0.00784. The number of nitrogens with zero attached hydrogens (tertiary/aromatic N) is 1. The summed E-state index contributed by atoms with van der Waals surface area (Å²) in [6.07, 6.45) is 2.52. The molecule has 0 spiro atoms. The fourth-order valence-electron chi connectivity index (χ4n) is 1.75. The number of pyridine rings is 1. The highest BCUT2D eigenvalue weighted by atomic mass is 79.9. The van der Waals surface area contributed by atoms with Crippen LogP contribution in [0.15, 0.2) is 47.1 Å². The lowest BCUT2D eigenvalue weighted by Gasteiger charge is -2.16. The summed E-state index contributed by atoms with van der Waals surface area (Å²) in [5.74, 6) is 5.61. The number of aromatic nitrogens is 1. The first kappa shape index (κ1) is 13.5. The van der Waals surface area contributed by atoms with Gasteiger partial charge in [-0.1, -0.05) is 51.8 Å². The van der Waals surface area contributed by atoms with Gasteiger partial charge in [0.1, 0.15) is 5.15 Å². The predicted molar refractivity (Wildman–Crippen MR) is 77.2 cm³/mol. The number of nitrogens with one attached hydrogen (secondary N) is 1. The first-order chi connectivity index (χ1) is 8.70. The first-order valence-corrected chi connectivity index (χ1v) is 6.69. The topological polar surface area (TPSA) is 50.9 Å². The highest BCUT2D eigenvalue weighted by molar-refractivity contribution is 9.10. The number of hydrogen-bond donors (Lipinski definition) is 2. The summed E-state index contributed by atoms with van der Waals surface area (Å²) in [5.41, 5.74) is 5.01. The lowest BCUT2D eigenvalue weighted by atomic mass is 10.0. The van der Waals surface area contributed by atoms with Crippen molar-refractivity contribution >= 4 is 27.5 Å². The van der Waals surface area contributed by atoms with Gasteiger partial charge < -0.3 is 0 Å². The molecule has 2 rings (SSSR count). The molecular formula is C13H13BrClN3. The van der Waals surface area contributed by atoms with Gasteiger partial charge >= 0.3 is 0 Å². The molecule has 1 unspecified atom stereocenters. The number of hydrazine groups is 1. The molecule has 0 radical (unpaired) electrons. The molecule has 0 bridgehead atoms. The molecule has 0 saturated heterocycles. The van der Waals surface area contributed by atoms with Gasteiger partial charge in [-0.05, 0) is 29.7 Å². The second kappa shape index (κ2) is 6.29. The summed E-state index contributed by atoms with van der Waals surface area (Å²) in [4.78, 5) is 4.07. The van der Waals surface area contributed by atoms with Gasteiger partial charge in [0.25, 0.3) is 0 Å². The maximum atomic E-state index is 5.77. The smallest absolute Gasteiger partial charge is 0.129 e. The van der Waals surface area contributed by atoms with Crippen molar-refractivity contribution in [2.75, 3.05) is 0 Å². The zero-order valence-corrected chi connectivity index (χ0v) is 11.9. The van der Waals surface area contributed by atoms with Gasteiger partial charge in [0.2, 0.25) is 0 Å². The van der Waals surface area contributed by atoms with Crippen LogP contribution in [0.25, 0.3) is 0 Å².